The van der Waals surface area contributed by atoms with Gasteiger partial charge in [0.05, 0.1) is 18.0 Å². The standard InChI is InChI=1S/C21H19F2N5O2/c1-25-10-16(17(24)12-5-3-2-4-6-12)28-11-14-8-7-13(9-15(14)21(28)29)19-26-27-20(30-19)18(22)23/h2-10,18-19,24-26H,11H2,1H3/b16-10+,24-17?. The zero-order chi connectivity index (χ0) is 21.3. The van der Waals surface area contributed by atoms with Gasteiger partial charge >= 0.3 is 6.43 Å². The maximum atomic E-state index is 13.1. The van der Waals surface area contributed by atoms with E-state index in [1.165, 1.54) is 4.90 Å². The third kappa shape index (κ3) is 3.49. The van der Waals surface area contributed by atoms with Gasteiger partial charge in [-0.1, -0.05) is 42.5 Å². The molecule has 3 N–H and O–H groups in total. The molecule has 0 bridgehead atoms. The van der Waals surface area contributed by atoms with Crippen LogP contribution in [-0.2, 0) is 11.3 Å². The molecule has 154 valence electrons. The van der Waals surface area contributed by atoms with E-state index in [0.29, 0.717) is 28.9 Å². The van der Waals surface area contributed by atoms with E-state index in [9.17, 15) is 13.6 Å². The fourth-order valence-electron chi connectivity index (χ4n) is 3.39. The zero-order valence-corrected chi connectivity index (χ0v) is 16.0. The highest BCUT2D eigenvalue weighted by Gasteiger charge is 2.34. The number of allylic oxidation sites excluding steroid dienone is 1. The highest BCUT2D eigenvalue weighted by atomic mass is 19.3. The first-order chi connectivity index (χ1) is 14.5. The van der Waals surface area contributed by atoms with E-state index in [4.69, 9.17) is 10.1 Å². The first kappa shape index (κ1) is 19.6. The van der Waals surface area contributed by atoms with Crippen LogP contribution in [0.2, 0.25) is 0 Å². The van der Waals surface area contributed by atoms with Crippen LogP contribution >= 0.6 is 0 Å². The van der Waals surface area contributed by atoms with Gasteiger partial charge in [-0.3, -0.25) is 15.6 Å². The van der Waals surface area contributed by atoms with Crippen molar-refractivity contribution in [3.05, 3.63) is 82.7 Å². The van der Waals surface area contributed by atoms with E-state index in [1.807, 2.05) is 18.2 Å². The summed E-state index contributed by atoms with van der Waals surface area (Å²) in [5.41, 5.74) is 5.57. The van der Waals surface area contributed by atoms with Crippen molar-refractivity contribution in [3.8, 4) is 0 Å². The predicted molar refractivity (Wildman–Crippen MR) is 107 cm³/mol. The highest BCUT2D eigenvalue weighted by Crippen LogP contribution is 2.31. The number of fused-ring (bicyclic) bond motifs is 1. The van der Waals surface area contributed by atoms with Crippen LogP contribution in [0.3, 0.4) is 0 Å². The average Bonchev–Trinajstić information content (AvgIpc) is 3.38. The molecule has 2 aromatic rings. The molecule has 7 nitrogen and oxygen atoms in total. The van der Waals surface area contributed by atoms with Gasteiger partial charge in [0.15, 0.2) is 0 Å². The van der Waals surface area contributed by atoms with E-state index >= 15 is 0 Å². The number of benzene rings is 2. The highest BCUT2D eigenvalue weighted by molar-refractivity contribution is 6.14. The van der Waals surface area contributed by atoms with Crippen LogP contribution in [0.5, 0.6) is 0 Å². The number of halogens is 2. The molecular formula is C21H19F2N5O2. The van der Waals surface area contributed by atoms with Gasteiger partial charge in [0, 0.05) is 29.9 Å². The van der Waals surface area contributed by atoms with Crippen molar-refractivity contribution in [2.45, 2.75) is 19.2 Å². The first-order valence-electron chi connectivity index (χ1n) is 9.24. The van der Waals surface area contributed by atoms with E-state index in [1.54, 1.807) is 43.6 Å². The Bertz CT molecular complexity index is 1050. The lowest BCUT2D eigenvalue weighted by Crippen LogP contribution is -2.29. The molecule has 1 amide bonds. The summed E-state index contributed by atoms with van der Waals surface area (Å²) in [6, 6.07) is 14.2. The molecule has 0 radical (unpaired) electrons. The number of hydrogen-bond donors (Lipinski definition) is 3. The summed E-state index contributed by atoms with van der Waals surface area (Å²) in [6.07, 6.45) is -2.08. The molecule has 2 heterocycles. The van der Waals surface area contributed by atoms with Gasteiger partial charge in [-0.2, -0.15) is 8.78 Å². The van der Waals surface area contributed by atoms with Crippen molar-refractivity contribution in [2.24, 2.45) is 5.10 Å². The van der Waals surface area contributed by atoms with Crippen LogP contribution in [0.15, 0.2) is 65.5 Å². The number of nitrogens with one attached hydrogen (secondary N) is 3. The lowest BCUT2D eigenvalue weighted by atomic mass is 10.1. The summed E-state index contributed by atoms with van der Waals surface area (Å²) in [6.45, 7) is 0.301. The van der Waals surface area contributed by atoms with Crippen LogP contribution < -0.4 is 10.7 Å². The van der Waals surface area contributed by atoms with Crippen molar-refractivity contribution in [3.63, 3.8) is 0 Å². The number of rotatable bonds is 6. The summed E-state index contributed by atoms with van der Waals surface area (Å²) in [4.78, 5) is 14.7. The second-order valence-corrected chi connectivity index (χ2v) is 6.74. The summed E-state index contributed by atoms with van der Waals surface area (Å²) in [5, 5.41) is 15.0. The second kappa shape index (κ2) is 7.94. The Labute approximate surface area is 171 Å². The second-order valence-electron chi connectivity index (χ2n) is 6.74. The fraction of sp³-hybridized carbons (Fsp3) is 0.190. The number of ether oxygens (including phenoxy) is 1. The Morgan fingerprint density at radius 2 is 2.10 bits per heavy atom. The third-order valence-corrected chi connectivity index (χ3v) is 4.85. The quantitative estimate of drug-likeness (QED) is 0.638. The molecule has 0 aliphatic carbocycles. The number of carbonyl (C=O) groups excluding carboxylic acids is 1. The van der Waals surface area contributed by atoms with E-state index in [0.717, 1.165) is 5.56 Å². The molecule has 1 atom stereocenters. The molecule has 2 aromatic carbocycles. The number of amides is 1. The molecule has 30 heavy (non-hydrogen) atoms. The Morgan fingerprint density at radius 3 is 2.77 bits per heavy atom. The van der Waals surface area contributed by atoms with Crippen molar-refractivity contribution in [1.29, 1.82) is 5.41 Å². The molecule has 1 unspecified atom stereocenters. The summed E-state index contributed by atoms with van der Waals surface area (Å²) < 4.78 is 30.6. The SMILES string of the molecule is CN/C=C(\C(=N)c1ccccc1)N1Cc2ccc(C3NN=C(C(F)F)O3)cc2C1=O. The number of alkyl halides is 2. The van der Waals surface area contributed by atoms with Gasteiger partial charge in [0.2, 0.25) is 6.23 Å². The Morgan fingerprint density at radius 1 is 1.33 bits per heavy atom. The van der Waals surface area contributed by atoms with Gasteiger partial charge in [0.25, 0.3) is 11.8 Å². The molecule has 0 aromatic heterocycles. The van der Waals surface area contributed by atoms with Crippen molar-refractivity contribution in [2.75, 3.05) is 7.05 Å². The number of nitrogens with zero attached hydrogens (tertiary/aromatic N) is 2. The molecule has 0 fully saturated rings. The van der Waals surface area contributed by atoms with Crippen LogP contribution in [-0.4, -0.2) is 35.9 Å². The van der Waals surface area contributed by atoms with Crippen molar-refractivity contribution in [1.82, 2.24) is 15.6 Å². The summed E-state index contributed by atoms with van der Waals surface area (Å²) in [5.74, 6) is -0.953. The minimum atomic E-state index is -2.81. The molecule has 9 heteroatoms. The lowest BCUT2D eigenvalue weighted by Gasteiger charge is -2.20. The van der Waals surface area contributed by atoms with E-state index in [2.05, 4.69) is 15.8 Å². The maximum Gasteiger partial charge on any atom is 0.314 e. The van der Waals surface area contributed by atoms with Crippen LogP contribution in [0.4, 0.5) is 8.78 Å². The third-order valence-electron chi connectivity index (χ3n) is 4.85. The Kier molecular flexibility index (Phi) is 5.18. The van der Waals surface area contributed by atoms with E-state index in [-0.39, 0.29) is 11.6 Å². The van der Waals surface area contributed by atoms with Gasteiger partial charge in [-0.05, 0) is 11.6 Å². The van der Waals surface area contributed by atoms with Crippen molar-refractivity contribution < 1.29 is 18.3 Å². The molecule has 4 rings (SSSR count). The summed E-state index contributed by atoms with van der Waals surface area (Å²) >= 11 is 0. The zero-order valence-electron chi connectivity index (χ0n) is 16.0. The number of hydrazone groups is 1. The van der Waals surface area contributed by atoms with Gasteiger partial charge < -0.3 is 15.0 Å². The molecule has 0 saturated heterocycles. The Hall–Kier alpha value is -3.75. The normalized spacial score (nSPS) is 18.1. The fourth-order valence-corrected chi connectivity index (χ4v) is 3.39. The lowest BCUT2D eigenvalue weighted by molar-refractivity contribution is 0.0833. The van der Waals surface area contributed by atoms with Crippen LogP contribution in [0.25, 0.3) is 0 Å². The number of carbonyl (C=O) groups is 1. The molecule has 0 saturated carbocycles. The average molecular weight is 411 g/mol. The predicted octanol–water partition coefficient (Wildman–Crippen LogP) is 2.97. The van der Waals surface area contributed by atoms with Crippen molar-refractivity contribution >= 4 is 17.5 Å². The molecule has 2 aliphatic heterocycles. The van der Waals surface area contributed by atoms with Crippen LogP contribution in [0.1, 0.15) is 33.3 Å². The minimum Gasteiger partial charge on any atom is -0.446 e. The largest absolute Gasteiger partial charge is 0.446 e. The summed E-state index contributed by atoms with van der Waals surface area (Å²) in [7, 11) is 1.70. The van der Waals surface area contributed by atoms with E-state index < -0.39 is 18.6 Å². The minimum absolute atomic E-state index is 0.210. The molecule has 0 spiro atoms. The molecular weight excluding hydrogens is 392 g/mol. The molecule has 2 aliphatic rings. The van der Waals surface area contributed by atoms with Gasteiger partial charge in [0.1, 0.15) is 0 Å². The van der Waals surface area contributed by atoms with Crippen LogP contribution in [0, 0.1) is 5.41 Å². The van der Waals surface area contributed by atoms with Gasteiger partial charge in [-0.15, -0.1) is 5.10 Å². The monoisotopic (exact) mass is 411 g/mol. The first-order valence-corrected chi connectivity index (χ1v) is 9.24. The topological polar surface area (TPSA) is 89.8 Å². The Balaban J connectivity index is 1.59. The smallest absolute Gasteiger partial charge is 0.314 e. The maximum absolute atomic E-state index is 13.1. The number of hydrogen-bond acceptors (Lipinski definition) is 6. The van der Waals surface area contributed by atoms with Gasteiger partial charge in [-0.25, -0.2) is 0 Å².